The van der Waals surface area contributed by atoms with Gasteiger partial charge in [0, 0.05) is 35.4 Å². The highest BCUT2D eigenvalue weighted by atomic mass is 35.5. The minimum Gasteiger partial charge on any atom is -0.325 e. The number of nitrogens with zero attached hydrogens (tertiary/aromatic N) is 2. The van der Waals surface area contributed by atoms with Crippen molar-refractivity contribution >= 4 is 45.0 Å². The van der Waals surface area contributed by atoms with Crippen LogP contribution in [0.3, 0.4) is 0 Å². The number of hydrogen-bond acceptors (Lipinski definition) is 3. The summed E-state index contributed by atoms with van der Waals surface area (Å²) in [5, 5.41) is 3.35. The second kappa shape index (κ2) is 8.34. The summed E-state index contributed by atoms with van der Waals surface area (Å²) >= 11 is 12.0. The van der Waals surface area contributed by atoms with Crippen molar-refractivity contribution in [1.29, 1.82) is 0 Å². The van der Waals surface area contributed by atoms with Gasteiger partial charge in [0.15, 0.2) is 0 Å². The number of benzene rings is 2. The lowest BCUT2D eigenvalue weighted by molar-refractivity contribution is -0.116. The fourth-order valence-electron chi connectivity index (χ4n) is 2.87. The molecule has 0 saturated carbocycles. The van der Waals surface area contributed by atoms with Gasteiger partial charge in [0.05, 0.1) is 6.54 Å². The summed E-state index contributed by atoms with van der Waals surface area (Å²) in [4.78, 5) is 12.3. The number of nitrogens with one attached hydrogen (secondary N) is 1. The summed E-state index contributed by atoms with van der Waals surface area (Å²) in [6.07, 6.45) is 0. The standard InChI is InChI=1S/C18H18Cl2FN3O3S/c1-12-15(19)3-2-4-17(12)22-18(25)11-24-8-7-23(28(24,26)27)10-13-5-6-14(21)9-16(13)20/h2-6,9H,7-8,10-11H2,1H3,(H,22,25). The zero-order valence-electron chi connectivity index (χ0n) is 15.0. The summed E-state index contributed by atoms with van der Waals surface area (Å²) in [5.74, 6) is -0.955. The summed E-state index contributed by atoms with van der Waals surface area (Å²) in [7, 11) is -3.83. The van der Waals surface area contributed by atoms with Crippen LogP contribution in [0.15, 0.2) is 36.4 Å². The molecule has 1 aliphatic heterocycles. The minimum atomic E-state index is -3.83. The van der Waals surface area contributed by atoms with Crippen LogP contribution in [-0.2, 0) is 21.5 Å². The molecule has 0 spiro atoms. The number of anilines is 1. The van der Waals surface area contributed by atoms with Crippen molar-refractivity contribution in [3.05, 3.63) is 63.4 Å². The number of amides is 1. The van der Waals surface area contributed by atoms with Crippen LogP contribution in [0.5, 0.6) is 0 Å². The van der Waals surface area contributed by atoms with E-state index in [9.17, 15) is 17.6 Å². The first-order chi connectivity index (χ1) is 13.2. The molecule has 1 amide bonds. The number of carbonyl (C=O) groups excluding carboxylic acids is 1. The maximum Gasteiger partial charge on any atom is 0.282 e. The average Bonchev–Trinajstić information content (AvgIpc) is 2.89. The van der Waals surface area contributed by atoms with E-state index in [0.29, 0.717) is 21.8 Å². The first-order valence-corrected chi connectivity index (χ1v) is 10.6. The van der Waals surface area contributed by atoms with Crippen molar-refractivity contribution in [2.24, 2.45) is 0 Å². The van der Waals surface area contributed by atoms with Crippen LogP contribution in [0, 0.1) is 12.7 Å². The van der Waals surface area contributed by atoms with E-state index < -0.39 is 21.9 Å². The van der Waals surface area contributed by atoms with Gasteiger partial charge in [0.2, 0.25) is 5.91 Å². The lowest BCUT2D eigenvalue weighted by Crippen LogP contribution is -2.38. The first-order valence-electron chi connectivity index (χ1n) is 8.42. The minimum absolute atomic E-state index is 0.00691. The van der Waals surface area contributed by atoms with Crippen LogP contribution in [-0.4, -0.2) is 42.6 Å². The molecule has 1 saturated heterocycles. The third-order valence-electron chi connectivity index (χ3n) is 4.47. The molecule has 1 aliphatic rings. The van der Waals surface area contributed by atoms with Crippen LogP contribution in [0.1, 0.15) is 11.1 Å². The zero-order chi connectivity index (χ0) is 20.5. The molecule has 10 heteroatoms. The van der Waals surface area contributed by atoms with Crippen LogP contribution in [0.4, 0.5) is 10.1 Å². The molecule has 1 heterocycles. The van der Waals surface area contributed by atoms with Crippen LogP contribution < -0.4 is 5.32 Å². The van der Waals surface area contributed by atoms with Gasteiger partial charge < -0.3 is 5.32 Å². The van der Waals surface area contributed by atoms with Gasteiger partial charge in [-0.1, -0.05) is 35.3 Å². The van der Waals surface area contributed by atoms with Crippen molar-refractivity contribution in [3.63, 3.8) is 0 Å². The molecule has 2 aromatic carbocycles. The van der Waals surface area contributed by atoms with E-state index in [2.05, 4.69) is 5.32 Å². The smallest absolute Gasteiger partial charge is 0.282 e. The van der Waals surface area contributed by atoms with E-state index in [1.165, 1.54) is 16.4 Å². The second-order valence-electron chi connectivity index (χ2n) is 6.37. The van der Waals surface area contributed by atoms with Crippen LogP contribution >= 0.6 is 23.2 Å². The van der Waals surface area contributed by atoms with Gasteiger partial charge in [-0.3, -0.25) is 4.79 Å². The third kappa shape index (κ3) is 4.47. The Bertz CT molecular complexity index is 1020. The SMILES string of the molecule is Cc1c(Cl)cccc1NC(=O)CN1CCN(Cc2ccc(F)cc2Cl)S1(=O)=O. The van der Waals surface area contributed by atoms with Crippen molar-refractivity contribution in [3.8, 4) is 0 Å². The van der Waals surface area contributed by atoms with E-state index in [0.717, 1.165) is 10.4 Å². The zero-order valence-corrected chi connectivity index (χ0v) is 17.3. The van der Waals surface area contributed by atoms with Gasteiger partial charge in [0.1, 0.15) is 5.82 Å². The first kappa shape index (κ1) is 21.0. The van der Waals surface area contributed by atoms with Crippen molar-refractivity contribution in [2.45, 2.75) is 13.5 Å². The van der Waals surface area contributed by atoms with Gasteiger partial charge in [0.25, 0.3) is 10.2 Å². The molecule has 0 aliphatic carbocycles. The Kier molecular flexibility index (Phi) is 6.26. The van der Waals surface area contributed by atoms with Crippen molar-refractivity contribution in [1.82, 2.24) is 8.61 Å². The predicted octanol–water partition coefficient (Wildman–Crippen LogP) is 3.44. The molecule has 6 nitrogen and oxygen atoms in total. The van der Waals surface area contributed by atoms with E-state index in [1.807, 2.05) is 0 Å². The van der Waals surface area contributed by atoms with E-state index in [4.69, 9.17) is 23.2 Å². The highest BCUT2D eigenvalue weighted by Gasteiger charge is 2.37. The van der Waals surface area contributed by atoms with Crippen molar-refractivity contribution in [2.75, 3.05) is 25.0 Å². The Hall–Kier alpha value is -1.71. The molecule has 0 atom stereocenters. The summed E-state index contributed by atoms with van der Waals surface area (Å²) in [5.41, 5.74) is 1.73. The van der Waals surface area contributed by atoms with Crippen LogP contribution in [0.25, 0.3) is 0 Å². The summed E-state index contributed by atoms with van der Waals surface area (Å²) < 4.78 is 40.9. The van der Waals surface area contributed by atoms with Gasteiger partial charge in [-0.2, -0.15) is 17.0 Å². The molecule has 0 unspecified atom stereocenters. The highest BCUT2D eigenvalue weighted by Crippen LogP contribution is 2.25. The van der Waals surface area contributed by atoms with Crippen LogP contribution in [0.2, 0.25) is 10.0 Å². The van der Waals surface area contributed by atoms with E-state index in [1.54, 1.807) is 25.1 Å². The number of halogens is 3. The molecule has 2 aromatic rings. The van der Waals surface area contributed by atoms with E-state index in [-0.39, 0.29) is 31.2 Å². The maximum atomic E-state index is 13.2. The molecule has 3 rings (SSSR count). The van der Waals surface area contributed by atoms with Gasteiger partial charge in [-0.05, 0) is 42.3 Å². The number of hydrogen-bond donors (Lipinski definition) is 1. The Morgan fingerprint density at radius 1 is 1.14 bits per heavy atom. The maximum absolute atomic E-state index is 13.2. The Labute approximate surface area is 173 Å². The van der Waals surface area contributed by atoms with Gasteiger partial charge in [-0.25, -0.2) is 4.39 Å². The normalized spacial score (nSPS) is 17.0. The number of carbonyl (C=O) groups is 1. The topological polar surface area (TPSA) is 69.7 Å². The molecule has 0 radical (unpaired) electrons. The highest BCUT2D eigenvalue weighted by molar-refractivity contribution is 7.87. The lowest BCUT2D eigenvalue weighted by atomic mass is 10.2. The summed E-state index contributed by atoms with van der Waals surface area (Å²) in [6, 6.07) is 8.91. The average molecular weight is 446 g/mol. The summed E-state index contributed by atoms with van der Waals surface area (Å²) in [6.45, 7) is 1.83. The van der Waals surface area contributed by atoms with Gasteiger partial charge >= 0.3 is 0 Å². The Morgan fingerprint density at radius 2 is 1.86 bits per heavy atom. The largest absolute Gasteiger partial charge is 0.325 e. The van der Waals surface area contributed by atoms with E-state index >= 15 is 0 Å². The molecular formula is C18H18Cl2FN3O3S. The molecule has 1 N–H and O–H groups in total. The monoisotopic (exact) mass is 445 g/mol. The molecule has 150 valence electrons. The number of rotatable bonds is 5. The quantitative estimate of drug-likeness (QED) is 0.765. The van der Waals surface area contributed by atoms with Crippen molar-refractivity contribution < 1.29 is 17.6 Å². The molecule has 1 fully saturated rings. The van der Waals surface area contributed by atoms with Gasteiger partial charge in [-0.15, -0.1) is 0 Å². The fourth-order valence-corrected chi connectivity index (χ4v) is 4.81. The molecule has 0 aromatic heterocycles. The lowest BCUT2D eigenvalue weighted by Gasteiger charge is -2.19. The Morgan fingerprint density at radius 3 is 2.57 bits per heavy atom. The fraction of sp³-hybridized carbons (Fsp3) is 0.278. The second-order valence-corrected chi connectivity index (χ2v) is 9.11. The predicted molar refractivity (Wildman–Crippen MR) is 107 cm³/mol. The Balaban J connectivity index is 1.67. The molecule has 0 bridgehead atoms. The molecular weight excluding hydrogens is 428 g/mol. The molecule has 28 heavy (non-hydrogen) atoms. The third-order valence-corrected chi connectivity index (χ3v) is 7.16.